The predicted octanol–water partition coefficient (Wildman–Crippen LogP) is 0.171. The summed E-state index contributed by atoms with van der Waals surface area (Å²) >= 11 is 0. The fourth-order valence-electron chi connectivity index (χ4n) is 1.97. The van der Waals surface area contributed by atoms with Gasteiger partial charge in [-0.15, -0.1) is 0 Å². The minimum atomic E-state index is -0.936. The van der Waals surface area contributed by atoms with Gasteiger partial charge >= 0.3 is 0 Å². The molecule has 0 bridgehead atoms. The highest BCUT2D eigenvalue weighted by Gasteiger charge is 2.23. The molecule has 6 N–H and O–H groups in total. The van der Waals surface area contributed by atoms with E-state index in [4.69, 9.17) is 11.5 Å². The Labute approximate surface area is 132 Å². The summed E-state index contributed by atoms with van der Waals surface area (Å²) in [7, 11) is 0. The van der Waals surface area contributed by atoms with Crippen molar-refractivity contribution >= 4 is 17.7 Å². The molecule has 0 aromatic heterocycles. The van der Waals surface area contributed by atoms with E-state index >= 15 is 0 Å². The second-order valence-corrected chi connectivity index (χ2v) is 5.60. The van der Waals surface area contributed by atoms with E-state index in [1.807, 2.05) is 0 Å². The van der Waals surface area contributed by atoms with Gasteiger partial charge in [0.25, 0.3) is 0 Å². The number of nitrogens with two attached hydrogens (primary N) is 2. The number of amides is 3. The van der Waals surface area contributed by atoms with Crippen LogP contribution in [0, 0.1) is 0 Å². The fraction of sp³-hybridized carbons (Fsp3) is 0.800. The van der Waals surface area contributed by atoms with Crippen LogP contribution in [0.15, 0.2) is 0 Å². The van der Waals surface area contributed by atoms with Crippen molar-refractivity contribution in [2.24, 2.45) is 11.5 Å². The molecule has 0 heterocycles. The Morgan fingerprint density at radius 2 is 1.68 bits per heavy atom. The highest BCUT2D eigenvalue weighted by Crippen LogP contribution is 2.05. The number of carbonyl (C=O) groups is 3. The predicted molar refractivity (Wildman–Crippen MR) is 85.8 cm³/mol. The van der Waals surface area contributed by atoms with Crippen LogP contribution < -0.4 is 22.1 Å². The van der Waals surface area contributed by atoms with Crippen molar-refractivity contribution < 1.29 is 14.4 Å². The summed E-state index contributed by atoms with van der Waals surface area (Å²) in [6.07, 6.45) is 5.29. The number of primary amides is 1. The first-order chi connectivity index (χ1) is 10.4. The van der Waals surface area contributed by atoms with Crippen LogP contribution in [0.25, 0.3) is 0 Å². The minimum absolute atomic E-state index is 0.218. The minimum Gasteiger partial charge on any atom is -0.370 e. The Bertz CT molecular complexity index is 361. The largest absolute Gasteiger partial charge is 0.370 e. The zero-order valence-electron chi connectivity index (χ0n) is 13.7. The molecule has 2 atom stereocenters. The van der Waals surface area contributed by atoms with Gasteiger partial charge in [0, 0.05) is 19.0 Å². The van der Waals surface area contributed by atoms with Gasteiger partial charge in [-0.05, 0) is 13.3 Å². The molecule has 0 fully saturated rings. The van der Waals surface area contributed by atoms with Gasteiger partial charge in [0.15, 0.2) is 0 Å². The molecule has 7 heteroatoms. The second kappa shape index (κ2) is 12.0. The highest BCUT2D eigenvalue weighted by molar-refractivity contribution is 5.91. The van der Waals surface area contributed by atoms with Gasteiger partial charge in [-0.25, -0.2) is 0 Å². The number of nitrogens with one attached hydrogen (secondary N) is 2. The molecule has 7 nitrogen and oxygen atoms in total. The SMILES string of the molecule is CCCCCCCC(=O)NC(CC(N)=O)C(=O)N[C@@H](C)CN. The molecule has 3 amide bonds. The molecular formula is C15H30N4O3. The summed E-state index contributed by atoms with van der Waals surface area (Å²) in [5, 5.41) is 5.21. The van der Waals surface area contributed by atoms with Crippen molar-refractivity contribution in [3.63, 3.8) is 0 Å². The van der Waals surface area contributed by atoms with Crippen molar-refractivity contribution in [1.29, 1.82) is 0 Å². The summed E-state index contributed by atoms with van der Waals surface area (Å²) in [6.45, 7) is 4.15. The van der Waals surface area contributed by atoms with Crippen molar-refractivity contribution in [3.8, 4) is 0 Å². The van der Waals surface area contributed by atoms with Gasteiger partial charge < -0.3 is 22.1 Å². The fourth-order valence-corrected chi connectivity index (χ4v) is 1.97. The van der Waals surface area contributed by atoms with Crippen LogP contribution >= 0.6 is 0 Å². The van der Waals surface area contributed by atoms with E-state index in [9.17, 15) is 14.4 Å². The van der Waals surface area contributed by atoms with E-state index in [2.05, 4.69) is 17.6 Å². The molecule has 0 rings (SSSR count). The second-order valence-electron chi connectivity index (χ2n) is 5.60. The van der Waals surface area contributed by atoms with Crippen LogP contribution in [0.1, 0.15) is 58.8 Å². The lowest BCUT2D eigenvalue weighted by molar-refractivity contribution is -0.131. The summed E-state index contributed by atoms with van der Waals surface area (Å²) in [6, 6.07) is -1.16. The molecule has 0 aromatic carbocycles. The average Bonchev–Trinajstić information content (AvgIpc) is 2.45. The van der Waals surface area contributed by atoms with Crippen LogP contribution in [-0.4, -0.2) is 36.3 Å². The number of rotatable bonds is 12. The first-order valence-electron chi connectivity index (χ1n) is 7.98. The zero-order valence-corrected chi connectivity index (χ0v) is 13.7. The number of carbonyl (C=O) groups excluding carboxylic acids is 3. The molecular weight excluding hydrogens is 284 g/mol. The first kappa shape index (κ1) is 20.4. The van der Waals surface area contributed by atoms with Gasteiger partial charge in [0.1, 0.15) is 6.04 Å². The average molecular weight is 314 g/mol. The molecule has 0 aliphatic rings. The highest BCUT2D eigenvalue weighted by atomic mass is 16.2. The Morgan fingerprint density at radius 1 is 1.05 bits per heavy atom. The maximum absolute atomic E-state index is 12.0. The molecule has 128 valence electrons. The third kappa shape index (κ3) is 10.1. The van der Waals surface area contributed by atoms with Crippen LogP contribution in [-0.2, 0) is 14.4 Å². The molecule has 1 unspecified atom stereocenters. The summed E-state index contributed by atoms with van der Waals surface area (Å²) in [4.78, 5) is 34.9. The molecule has 0 aromatic rings. The molecule has 0 aliphatic carbocycles. The summed E-state index contributed by atoms with van der Waals surface area (Å²) in [5.74, 6) is -1.31. The number of unbranched alkanes of at least 4 members (excludes halogenated alkanes) is 4. The Kier molecular flexibility index (Phi) is 11.1. The molecule has 22 heavy (non-hydrogen) atoms. The van der Waals surface area contributed by atoms with Gasteiger partial charge in [-0.1, -0.05) is 32.6 Å². The molecule has 0 radical (unpaired) electrons. The topological polar surface area (TPSA) is 127 Å². The molecule has 0 saturated heterocycles. The van der Waals surface area contributed by atoms with Crippen LogP contribution in [0.4, 0.5) is 0 Å². The lowest BCUT2D eigenvalue weighted by Crippen LogP contribution is -2.51. The maximum atomic E-state index is 12.0. The monoisotopic (exact) mass is 314 g/mol. The molecule has 0 saturated carbocycles. The first-order valence-corrected chi connectivity index (χ1v) is 7.98. The van der Waals surface area contributed by atoms with Crippen molar-refractivity contribution in [3.05, 3.63) is 0 Å². The van der Waals surface area contributed by atoms with E-state index in [0.29, 0.717) is 6.42 Å². The third-order valence-corrected chi connectivity index (χ3v) is 3.31. The van der Waals surface area contributed by atoms with Crippen molar-refractivity contribution in [1.82, 2.24) is 10.6 Å². The smallest absolute Gasteiger partial charge is 0.243 e. The standard InChI is InChI=1S/C15H30N4O3/c1-3-4-5-6-7-8-14(21)19-12(9-13(17)20)15(22)18-11(2)10-16/h11-12H,3-10,16H2,1-2H3,(H2,17,20)(H,18,22)(H,19,21)/t11-,12?/m0/s1. The van der Waals surface area contributed by atoms with E-state index in [0.717, 1.165) is 32.1 Å². The molecule has 0 spiro atoms. The lowest BCUT2D eigenvalue weighted by Gasteiger charge is -2.19. The Balaban J connectivity index is 4.30. The van der Waals surface area contributed by atoms with E-state index in [1.165, 1.54) is 0 Å². The maximum Gasteiger partial charge on any atom is 0.243 e. The van der Waals surface area contributed by atoms with E-state index in [-0.39, 0.29) is 24.9 Å². The van der Waals surface area contributed by atoms with Gasteiger partial charge in [0.05, 0.1) is 6.42 Å². The normalized spacial score (nSPS) is 13.2. The van der Waals surface area contributed by atoms with E-state index < -0.39 is 17.9 Å². The van der Waals surface area contributed by atoms with Gasteiger partial charge in [0.2, 0.25) is 17.7 Å². The van der Waals surface area contributed by atoms with E-state index in [1.54, 1.807) is 6.92 Å². The summed E-state index contributed by atoms with van der Waals surface area (Å²) in [5.41, 5.74) is 10.6. The van der Waals surface area contributed by atoms with Crippen LogP contribution in [0.5, 0.6) is 0 Å². The van der Waals surface area contributed by atoms with Gasteiger partial charge in [-0.2, -0.15) is 0 Å². The Morgan fingerprint density at radius 3 is 2.23 bits per heavy atom. The van der Waals surface area contributed by atoms with Crippen LogP contribution in [0.3, 0.4) is 0 Å². The molecule has 0 aliphatic heterocycles. The van der Waals surface area contributed by atoms with Crippen molar-refractivity contribution in [2.75, 3.05) is 6.54 Å². The quantitative estimate of drug-likeness (QED) is 0.383. The van der Waals surface area contributed by atoms with Gasteiger partial charge in [-0.3, -0.25) is 14.4 Å². The van der Waals surface area contributed by atoms with Crippen molar-refractivity contribution in [2.45, 2.75) is 70.9 Å². The Hall–Kier alpha value is -1.63. The zero-order chi connectivity index (χ0) is 17.0. The third-order valence-electron chi connectivity index (χ3n) is 3.31. The summed E-state index contributed by atoms with van der Waals surface area (Å²) < 4.78 is 0. The lowest BCUT2D eigenvalue weighted by atomic mass is 10.1. The number of hydrogen-bond acceptors (Lipinski definition) is 4. The number of hydrogen-bond donors (Lipinski definition) is 4. The van der Waals surface area contributed by atoms with Crippen LogP contribution in [0.2, 0.25) is 0 Å².